The third-order valence-electron chi connectivity index (χ3n) is 4.14. The molecule has 0 unspecified atom stereocenters. The van der Waals surface area contributed by atoms with Crippen LogP contribution in [0.15, 0.2) is 6.07 Å². The lowest BCUT2D eigenvalue weighted by Crippen LogP contribution is -2.31. The fourth-order valence-corrected chi connectivity index (χ4v) is 2.93. The van der Waals surface area contributed by atoms with Gasteiger partial charge in [-0.05, 0) is 33.4 Å². The molecule has 134 valence electrons. The number of hydrogen-bond donors (Lipinski definition) is 2. The van der Waals surface area contributed by atoms with Gasteiger partial charge in [0.1, 0.15) is 0 Å². The van der Waals surface area contributed by atoms with E-state index in [2.05, 4.69) is 15.5 Å². The summed E-state index contributed by atoms with van der Waals surface area (Å²) < 4.78 is 0. The van der Waals surface area contributed by atoms with E-state index in [-0.39, 0.29) is 11.8 Å². The highest BCUT2D eigenvalue weighted by molar-refractivity contribution is 5.90. The first-order valence-corrected chi connectivity index (χ1v) is 8.81. The molecule has 1 aromatic heterocycles. The third kappa shape index (κ3) is 6.31. The van der Waals surface area contributed by atoms with Gasteiger partial charge < -0.3 is 15.1 Å². The second-order valence-corrected chi connectivity index (χ2v) is 6.71. The molecule has 7 nitrogen and oxygen atoms in total. The van der Waals surface area contributed by atoms with E-state index in [1.165, 1.54) is 12.8 Å². The van der Waals surface area contributed by atoms with E-state index >= 15 is 0 Å². The van der Waals surface area contributed by atoms with Crippen LogP contribution in [0, 0.1) is 0 Å². The van der Waals surface area contributed by atoms with E-state index < -0.39 is 0 Å². The Balaban J connectivity index is 1.67. The first kappa shape index (κ1) is 18.4. The van der Waals surface area contributed by atoms with Crippen LogP contribution in [0.1, 0.15) is 50.6 Å². The Labute approximate surface area is 143 Å². The van der Waals surface area contributed by atoms with Crippen LogP contribution in [0.4, 0.5) is 5.82 Å². The third-order valence-corrected chi connectivity index (χ3v) is 4.14. The predicted molar refractivity (Wildman–Crippen MR) is 93.5 cm³/mol. The SMILES string of the molecule is CN(C)Cc1cc(NC(=O)CCCC(=O)N2CCCCCC2)n[nH]1. The van der Waals surface area contributed by atoms with Crippen molar-refractivity contribution in [2.75, 3.05) is 32.5 Å². The highest BCUT2D eigenvalue weighted by Gasteiger charge is 2.15. The molecule has 2 heterocycles. The minimum atomic E-state index is -0.0958. The minimum absolute atomic E-state index is 0.0958. The molecule has 0 radical (unpaired) electrons. The lowest BCUT2D eigenvalue weighted by atomic mass is 10.2. The number of aromatic amines is 1. The Hall–Kier alpha value is -1.89. The molecule has 0 atom stereocenters. The minimum Gasteiger partial charge on any atom is -0.343 e. The van der Waals surface area contributed by atoms with Crippen molar-refractivity contribution in [1.29, 1.82) is 0 Å². The second-order valence-electron chi connectivity index (χ2n) is 6.71. The van der Waals surface area contributed by atoms with Crippen molar-refractivity contribution in [3.63, 3.8) is 0 Å². The summed E-state index contributed by atoms with van der Waals surface area (Å²) in [6, 6.07) is 1.83. The van der Waals surface area contributed by atoms with Crippen LogP contribution >= 0.6 is 0 Å². The number of nitrogens with zero attached hydrogens (tertiary/aromatic N) is 3. The number of hydrogen-bond acceptors (Lipinski definition) is 4. The lowest BCUT2D eigenvalue weighted by molar-refractivity contribution is -0.131. The molecule has 0 aliphatic carbocycles. The summed E-state index contributed by atoms with van der Waals surface area (Å²) in [5, 5.41) is 9.75. The Morgan fingerprint density at radius 3 is 2.58 bits per heavy atom. The fraction of sp³-hybridized carbons (Fsp3) is 0.706. The summed E-state index contributed by atoms with van der Waals surface area (Å²) in [5.74, 6) is 0.620. The van der Waals surface area contributed by atoms with Crippen LogP contribution in [-0.4, -0.2) is 59.0 Å². The number of anilines is 1. The normalized spacial score (nSPS) is 15.4. The number of carbonyl (C=O) groups is 2. The molecule has 2 amide bonds. The molecule has 0 bridgehead atoms. The van der Waals surface area contributed by atoms with E-state index in [0.717, 1.165) is 38.2 Å². The average molecular weight is 335 g/mol. The molecule has 1 aromatic rings. The maximum atomic E-state index is 12.2. The molecule has 0 saturated carbocycles. The molecule has 0 aromatic carbocycles. The summed E-state index contributed by atoms with van der Waals surface area (Å²) in [6.45, 7) is 2.48. The van der Waals surface area contributed by atoms with Crippen LogP contribution in [-0.2, 0) is 16.1 Å². The zero-order valence-electron chi connectivity index (χ0n) is 14.8. The van der Waals surface area contributed by atoms with Gasteiger partial charge in [-0.25, -0.2) is 0 Å². The molecule has 24 heavy (non-hydrogen) atoms. The zero-order chi connectivity index (χ0) is 17.4. The molecule has 1 fully saturated rings. The van der Waals surface area contributed by atoms with Gasteiger partial charge >= 0.3 is 0 Å². The van der Waals surface area contributed by atoms with Gasteiger partial charge in [0.05, 0.1) is 5.69 Å². The van der Waals surface area contributed by atoms with Crippen molar-refractivity contribution in [3.8, 4) is 0 Å². The van der Waals surface area contributed by atoms with Crippen molar-refractivity contribution in [2.24, 2.45) is 0 Å². The number of H-pyrrole nitrogens is 1. The smallest absolute Gasteiger partial charge is 0.225 e. The van der Waals surface area contributed by atoms with Gasteiger partial charge in [0.15, 0.2) is 5.82 Å². The molecule has 2 N–H and O–H groups in total. The van der Waals surface area contributed by atoms with Crippen LogP contribution in [0.2, 0.25) is 0 Å². The monoisotopic (exact) mass is 335 g/mol. The Bertz CT molecular complexity index is 533. The summed E-state index contributed by atoms with van der Waals surface area (Å²) >= 11 is 0. The maximum absolute atomic E-state index is 12.2. The molecule has 0 spiro atoms. The molecular formula is C17H29N5O2. The van der Waals surface area contributed by atoms with Crippen molar-refractivity contribution >= 4 is 17.6 Å². The zero-order valence-corrected chi connectivity index (χ0v) is 14.8. The largest absolute Gasteiger partial charge is 0.343 e. The number of nitrogens with one attached hydrogen (secondary N) is 2. The lowest BCUT2D eigenvalue weighted by Gasteiger charge is -2.20. The van der Waals surface area contributed by atoms with Crippen molar-refractivity contribution in [2.45, 2.75) is 51.5 Å². The van der Waals surface area contributed by atoms with Gasteiger partial charge in [-0.3, -0.25) is 14.7 Å². The first-order valence-electron chi connectivity index (χ1n) is 8.81. The predicted octanol–water partition coefficient (Wildman–Crippen LogP) is 1.98. The van der Waals surface area contributed by atoms with Crippen LogP contribution < -0.4 is 5.32 Å². The van der Waals surface area contributed by atoms with Crippen molar-refractivity contribution < 1.29 is 9.59 Å². The summed E-state index contributed by atoms with van der Waals surface area (Å²) in [7, 11) is 3.95. The number of rotatable bonds is 7. The highest BCUT2D eigenvalue weighted by Crippen LogP contribution is 2.12. The van der Waals surface area contributed by atoms with E-state index in [9.17, 15) is 9.59 Å². The van der Waals surface area contributed by atoms with Gasteiger partial charge in [-0.2, -0.15) is 5.10 Å². The van der Waals surface area contributed by atoms with Gasteiger partial charge in [-0.15, -0.1) is 0 Å². The average Bonchev–Trinajstić information content (AvgIpc) is 2.78. The number of amides is 2. The van der Waals surface area contributed by atoms with Crippen LogP contribution in [0.25, 0.3) is 0 Å². The fourth-order valence-electron chi connectivity index (χ4n) is 2.93. The van der Waals surface area contributed by atoms with E-state index in [4.69, 9.17) is 0 Å². The molecular weight excluding hydrogens is 306 g/mol. The summed E-state index contributed by atoms with van der Waals surface area (Å²) in [5.41, 5.74) is 0.951. The number of carbonyl (C=O) groups excluding carboxylic acids is 2. The summed E-state index contributed by atoms with van der Waals surface area (Å²) in [4.78, 5) is 28.1. The van der Waals surface area contributed by atoms with E-state index in [1.807, 2.05) is 30.0 Å². The maximum Gasteiger partial charge on any atom is 0.225 e. The van der Waals surface area contributed by atoms with Crippen LogP contribution in [0.3, 0.4) is 0 Å². The molecule has 1 aliphatic rings. The van der Waals surface area contributed by atoms with E-state index in [1.54, 1.807) is 0 Å². The molecule has 1 aliphatic heterocycles. The quantitative estimate of drug-likeness (QED) is 0.798. The van der Waals surface area contributed by atoms with Gasteiger partial charge in [0, 0.05) is 38.5 Å². The van der Waals surface area contributed by atoms with Gasteiger partial charge in [0.25, 0.3) is 0 Å². The molecule has 2 rings (SSSR count). The van der Waals surface area contributed by atoms with Crippen molar-refractivity contribution in [1.82, 2.24) is 20.0 Å². The Morgan fingerprint density at radius 1 is 1.21 bits per heavy atom. The molecule has 1 saturated heterocycles. The highest BCUT2D eigenvalue weighted by atomic mass is 16.2. The second kappa shape index (κ2) is 9.42. The Morgan fingerprint density at radius 2 is 1.92 bits per heavy atom. The number of aromatic nitrogens is 2. The van der Waals surface area contributed by atoms with E-state index in [0.29, 0.717) is 25.1 Å². The first-order chi connectivity index (χ1) is 11.5. The van der Waals surface area contributed by atoms with Crippen molar-refractivity contribution in [3.05, 3.63) is 11.8 Å². The standard InChI is InChI=1S/C17H29N5O2/c1-21(2)13-14-12-15(20-19-14)18-16(23)8-7-9-17(24)22-10-5-3-4-6-11-22/h12H,3-11,13H2,1-2H3,(H2,18,19,20,23). The van der Waals surface area contributed by atoms with Gasteiger partial charge in [-0.1, -0.05) is 12.8 Å². The number of likely N-dealkylation sites (tertiary alicyclic amines) is 1. The van der Waals surface area contributed by atoms with Crippen LogP contribution in [0.5, 0.6) is 0 Å². The topological polar surface area (TPSA) is 81.3 Å². The van der Waals surface area contributed by atoms with Gasteiger partial charge in [0.2, 0.25) is 11.8 Å². The Kier molecular flexibility index (Phi) is 7.24. The summed E-state index contributed by atoms with van der Waals surface area (Å²) in [6.07, 6.45) is 5.99. The molecule has 7 heteroatoms.